The van der Waals surface area contributed by atoms with Crippen molar-refractivity contribution in [3.05, 3.63) is 59.8 Å². The lowest BCUT2D eigenvalue weighted by Gasteiger charge is -2.31. The Morgan fingerprint density at radius 3 is 2.27 bits per heavy atom. The van der Waals surface area contributed by atoms with Crippen LogP contribution in [0.3, 0.4) is 0 Å². The van der Waals surface area contributed by atoms with Crippen molar-refractivity contribution in [2.24, 2.45) is 5.41 Å². The van der Waals surface area contributed by atoms with Gasteiger partial charge in [-0.1, -0.05) is 51.1 Å². The van der Waals surface area contributed by atoms with Crippen LogP contribution in [0.1, 0.15) is 50.8 Å². The molecule has 2 aromatic carbocycles. The predicted octanol–water partition coefficient (Wildman–Crippen LogP) is 7.10. The minimum atomic E-state index is -4.59. The Bertz CT molecular complexity index is 1390. The minimum Gasteiger partial charge on any atom is -0.347 e. The van der Waals surface area contributed by atoms with Crippen LogP contribution in [0.2, 0.25) is 0 Å². The molecule has 1 aliphatic carbocycles. The normalized spacial score (nSPS) is 19.8. The molecule has 1 fully saturated rings. The molecule has 0 unspecified atom stereocenters. The number of nitrogens with one attached hydrogen (secondary N) is 1. The fraction of sp³-hybridized carbons (Fsp3) is 0.462. The van der Waals surface area contributed by atoms with E-state index in [0.29, 0.717) is 17.4 Å². The lowest BCUT2D eigenvalue weighted by Crippen LogP contribution is -2.46. The Morgan fingerprint density at radius 2 is 1.70 bits per heavy atom. The van der Waals surface area contributed by atoms with Crippen LogP contribution in [0, 0.1) is 5.41 Å². The first kappa shape index (κ1) is 27.5. The van der Waals surface area contributed by atoms with E-state index in [4.69, 9.17) is 0 Å². The second-order valence-corrected chi connectivity index (χ2v) is 12.7. The molecule has 0 saturated heterocycles. The number of sulfonamides is 1. The fourth-order valence-corrected chi connectivity index (χ4v) is 6.34. The summed E-state index contributed by atoms with van der Waals surface area (Å²) in [7, 11) is -4.22. The number of aromatic nitrogens is 1. The first-order valence-electron chi connectivity index (χ1n) is 11.8. The second-order valence-electron chi connectivity index (χ2n) is 10.7. The SMILES string of the molecule is CC(C)(C)Cn1cc([C@H](NS(=O)(=O)C2CC(F)C2)C(F)F)c2ccc(-c3ccccc3C(F)(F)F)cc21. The summed E-state index contributed by atoms with van der Waals surface area (Å²) in [5, 5.41) is -0.792. The first-order valence-corrected chi connectivity index (χ1v) is 13.3. The Kier molecular flexibility index (Phi) is 7.17. The molecule has 0 aliphatic heterocycles. The molecule has 37 heavy (non-hydrogen) atoms. The van der Waals surface area contributed by atoms with E-state index < -0.39 is 45.7 Å². The van der Waals surface area contributed by atoms with Crippen LogP contribution < -0.4 is 4.72 Å². The highest BCUT2D eigenvalue weighted by Crippen LogP contribution is 2.40. The van der Waals surface area contributed by atoms with Crippen molar-refractivity contribution in [2.75, 3.05) is 0 Å². The lowest BCUT2D eigenvalue weighted by molar-refractivity contribution is -0.137. The summed E-state index contributed by atoms with van der Waals surface area (Å²) in [4.78, 5) is 0. The van der Waals surface area contributed by atoms with E-state index in [0.717, 1.165) is 6.07 Å². The molecule has 1 aliphatic rings. The van der Waals surface area contributed by atoms with Crippen molar-refractivity contribution in [3.63, 3.8) is 0 Å². The highest BCUT2D eigenvalue weighted by Gasteiger charge is 2.42. The van der Waals surface area contributed by atoms with E-state index in [1.807, 2.05) is 20.8 Å². The van der Waals surface area contributed by atoms with Gasteiger partial charge in [-0.25, -0.2) is 26.3 Å². The highest BCUT2D eigenvalue weighted by molar-refractivity contribution is 7.90. The Labute approximate surface area is 211 Å². The number of hydrogen-bond donors (Lipinski definition) is 1. The largest absolute Gasteiger partial charge is 0.417 e. The van der Waals surface area contributed by atoms with Crippen molar-refractivity contribution in [3.8, 4) is 11.1 Å². The molecule has 202 valence electrons. The van der Waals surface area contributed by atoms with E-state index in [2.05, 4.69) is 4.72 Å². The molecule has 1 aromatic heterocycles. The van der Waals surface area contributed by atoms with Crippen LogP contribution in [0.15, 0.2) is 48.7 Å². The quantitative estimate of drug-likeness (QED) is 0.322. The second kappa shape index (κ2) is 9.65. The van der Waals surface area contributed by atoms with Crippen LogP contribution >= 0.6 is 0 Å². The topological polar surface area (TPSA) is 51.1 Å². The Balaban J connectivity index is 1.85. The average molecular weight is 547 g/mol. The van der Waals surface area contributed by atoms with Gasteiger partial charge in [0.15, 0.2) is 0 Å². The predicted molar refractivity (Wildman–Crippen MR) is 131 cm³/mol. The molecule has 0 bridgehead atoms. The Hall–Kier alpha value is -2.53. The number of alkyl halides is 6. The van der Waals surface area contributed by atoms with Gasteiger partial charge in [0.1, 0.15) is 12.2 Å². The highest BCUT2D eigenvalue weighted by atomic mass is 32.2. The molecule has 4 nitrogen and oxygen atoms in total. The van der Waals surface area contributed by atoms with Gasteiger partial charge in [0.25, 0.3) is 6.43 Å². The molecule has 0 amide bonds. The zero-order chi connectivity index (χ0) is 27.3. The van der Waals surface area contributed by atoms with Gasteiger partial charge in [-0.05, 0) is 41.5 Å². The summed E-state index contributed by atoms with van der Waals surface area (Å²) in [6, 6.07) is 7.55. The average Bonchev–Trinajstić information content (AvgIpc) is 3.10. The van der Waals surface area contributed by atoms with Crippen molar-refractivity contribution in [1.29, 1.82) is 0 Å². The van der Waals surface area contributed by atoms with Crippen molar-refractivity contribution >= 4 is 20.9 Å². The van der Waals surface area contributed by atoms with Crippen LogP contribution in [0.4, 0.5) is 26.3 Å². The zero-order valence-electron chi connectivity index (χ0n) is 20.5. The van der Waals surface area contributed by atoms with Gasteiger partial charge in [-0.15, -0.1) is 0 Å². The maximum atomic E-state index is 14.2. The molecule has 1 N–H and O–H groups in total. The van der Waals surface area contributed by atoms with Gasteiger partial charge in [-0.2, -0.15) is 13.2 Å². The van der Waals surface area contributed by atoms with Gasteiger partial charge >= 0.3 is 6.18 Å². The Morgan fingerprint density at radius 1 is 1.05 bits per heavy atom. The summed E-state index contributed by atoms with van der Waals surface area (Å²) in [5.41, 5.74) is -0.559. The first-order chi connectivity index (χ1) is 17.1. The standard InChI is InChI=1S/C26H28F6N2O2S/c1-25(2,3)14-34-13-20(23(24(28)29)33-37(35,36)17-11-16(27)12-17)19-9-8-15(10-22(19)34)18-6-4-5-7-21(18)26(30,31)32/h4-10,13,16-17,23-24,33H,11-12,14H2,1-3H3/t16?,17?,23-/m0/s1. The minimum absolute atomic E-state index is 0.00426. The van der Waals surface area contributed by atoms with Crippen LogP contribution in [-0.2, 0) is 22.7 Å². The summed E-state index contributed by atoms with van der Waals surface area (Å²) < 4.78 is 112. The van der Waals surface area contributed by atoms with E-state index in [-0.39, 0.29) is 34.9 Å². The maximum Gasteiger partial charge on any atom is 0.417 e. The summed E-state index contributed by atoms with van der Waals surface area (Å²) in [5.74, 6) is 0. The van der Waals surface area contributed by atoms with Gasteiger partial charge in [0, 0.05) is 29.2 Å². The van der Waals surface area contributed by atoms with E-state index in [1.165, 1.54) is 42.6 Å². The molecule has 3 aromatic rings. The molecule has 0 radical (unpaired) electrons. The summed E-state index contributed by atoms with van der Waals surface area (Å²) in [6.45, 7) is 6.08. The van der Waals surface area contributed by atoms with E-state index in [9.17, 15) is 34.8 Å². The molecule has 11 heteroatoms. The number of fused-ring (bicyclic) bond motifs is 1. The lowest BCUT2D eigenvalue weighted by atomic mass is 9.96. The molecule has 1 heterocycles. The molecular weight excluding hydrogens is 518 g/mol. The fourth-order valence-electron chi connectivity index (χ4n) is 4.64. The molecule has 4 rings (SSSR count). The zero-order valence-corrected chi connectivity index (χ0v) is 21.3. The number of benzene rings is 2. The molecule has 1 saturated carbocycles. The van der Waals surface area contributed by atoms with Crippen molar-refractivity contribution in [1.82, 2.24) is 9.29 Å². The van der Waals surface area contributed by atoms with Gasteiger partial charge in [0.05, 0.1) is 10.8 Å². The number of nitrogens with zero attached hydrogens (tertiary/aromatic N) is 1. The monoisotopic (exact) mass is 546 g/mol. The van der Waals surface area contributed by atoms with Crippen LogP contribution in [0.25, 0.3) is 22.0 Å². The third-order valence-electron chi connectivity index (χ3n) is 6.46. The third kappa shape index (κ3) is 5.82. The van der Waals surface area contributed by atoms with Crippen molar-refractivity contribution < 1.29 is 34.8 Å². The van der Waals surface area contributed by atoms with Gasteiger partial charge < -0.3 is 4.57 Å². The van der Waals surface area contributed by atoms with Crippen LogP contribution in [0.5, 0.6) is 0 Å². The third-order valence-corrected chi connectivity index (χ3v) is 8.30. The van der Waals surface area contributed by atoms with Gasteiger partial charge in [0.2, 0.25) is 10.0 Å². The van der Waals surface area contributed by atoms with Crippen LogP contribution in [-0.4, -0.2) is 30.8 Å². The molecule has 0 spiro atoms. The molecular formula is C26H28F6N2O2S. The van der Waals surface area contributed by atoms with E-state index >= 15 is 0 Å². The van der Waals surface area contributed by atoms with Gasteiger partial charge in [-0.3, -0.25) is 0 Å². The summed E-state index contributed by atoms with van der Waals surface area (Å²) >= 11 is 0. The van der Waals surface area contributed by atoms with Crippen molar-refractivity contribution in [2.45, 2.75) is 70.2 Å². The number of halogens is 6. The van der Waals surface area contributed by atoms with E-state index in [1.54, 1.807) is 4.57 Å². The maximum absolute atomic E-state index is 14.2. The summed E-state index contributed by atoms with van der Waals surface area (Å²) in [6.07, 6.45) is -8.07. The smallest absolute Gasteiger partial charge is 0.347 e. The number of hydrogen-bond acceptors (Lipinski definition) is 2. The number of rotatable bonds is 7. The molecule has 1 atom stereocenters.